The third-order valence-electron chi connectivity index (χ3n) is 2.68. The molecule has 1 heterocycles. The molecule has 5 heteroatoms. The number of benzene rings is 1. The zero-order valence-corrected chi connectivity index (χ0v) is 12.7. The lowest BCUT2D eigenvalue weighted by Crippen LogP contribution is -2.03. The predicted molar refractivity (Wildman–Crippen MR) is 83.8 cm³/mol. The van der Waals surface area contributed by atoms with Crippen molar-refractivity contribution < 1.29 is 4.74 Å². The van der Waals surface area contributed by atoms with Gasteiger partial charge < -0.3 is 10.1 Å². The van der Waals surface area contributed by atoms with Gasteiger partial charge in [-0.3, -0.25) is 0 Å². The molecular weight excluding hydrogens is 295 g/mol. The lowest BCUT2D eigenvalue weighted by molar-refractivity contribution is 0.306. The van der Waals surface area contributed by atoms with Crippen LogP contribution in [0.25, 0.3) is 0 Å². The Hall–Kier alpha value is -1.45. The molecule has 0 saturated heterocycles. The molecule has 3 nitrogen and oxygen atoms in total. The standard InChI is InChI=1S/C15H16Cl2N2O/c1-2-6-18-15-8-11(5-7-19-15)10-20-12-3-4-13(16)14(17)9-12/h3-5,7-9H,2,6,10H2,1H3,(H,18,19). The maximum absolute atomic E-state index is 5.95. The van der Waals surface area contributed by atoms with Gasteiger partial charge in [0.2, 0.25) is 0 Å². The van der Waals surface area contributed by atoms with Crippen LogP contribution in [0.4, 0.5) is 5.82 Å². The van der Waals surface area contributed by atoms with E-state index < -0.39 is 0 Å². The highest BCUT2D eigenvalue weighted by atomic mass is 35.5. The van der Waals surface area contributed by atoms with Crippen LogP contribution in [-0.4, -0.2) is 11.5 Å². The topological polar surface area (TPSA) is 34.1 Å². The van der Waals surface area contributed by atoms with E-state index in [-0.39, 0.29) is 0 Å². The van der Waals surface area contributed by atoms with E-state index in [9.17, 15) is 0 Å². The van der Waals surface area contributed by atoms with Crippen molar-refractivity contribution in [3.8, 4) is 5.75 Å². The third-order valence-corrected chi connectivity index (χ3v) is 3.42. The second kappa shape index (κ2) is 7.36. The molecule has 0 aliphatic rings. The number of ether oxygens (including phenoxy) is 1. The number of nitrogens with zero attached hydrogens (tertiary/aromatic N) is 1. The van der Waals surface area contributed by atoms with Crippen LogP contribution in [0.2, 0.25) is 10.0 Å². The minimum absolute atomic E-state index is 0.460. The highest BCUT2D eigenvalue weighted by molar-refractivity contribution is 6.42. The van der Waals surface area contributed by atoms with Crippen molar-refractivity contribution in [2.75, 3.05) is 11.9 Å². The molecule has 20 heavy (non-hydrogen) atoms. The van der Waals surface area contributed by atoms with Crippen molar-refractivity contribution in [1.29, 1.82) is 0 Å². The summed E-state index contributed by atoms with van der Waals surface area (Å²) in [6.07, 6.45) is 2.83. The fourth-order valence-corrected chi connectivity index (χ4v) is 1.94. The van der Waals surface area contributed by atoms with E-state index in [1.165, 1.54) is 0 Å². The van der Waals surface area contributed by atoms with Crippen LogP contribution in [-0.2, 0) is 6.61 Å². The number of anilines is 1. The third kappa shape index (κ3) is 4.29. The fourth-order valence-electron chi connectivity index (χ4n) is 1.65. The first-order chi connectivity index (χ1) is 9.69. The highest BCUT2D eigenvalue weighted by Gasteiger charge is 2.02. The number of rotatable bonds is 6. The van der Waals surface area contributed by atoms with Gasteiger partial charge in [-0.1, -0.05) is 30.1 Å². The van der Waals surface area contributed by atoms with Gasteiger partial charge >= 0.3 is 0 Å². The molecule has 106 valence electrons. The minimum atomic E-state index is 0.460. The second-order valence-corrected chi connectivity index (χ2v) is 5.16. The maximum atomic E-state index is 5.95. The van der Waals surface area contributed by atoms with E-state index in [4.69, 9.17) is 27.9 Å². The van der Waals surface area contributed by atoms with Gasteiger partial charge in [-0.15, -0.1) is 0 Å². The van der Waals surface area contributed by atoms with Crippen LogP contribution in [0, 0.1) is 0 Å². The summed E-state index contributed by atoms with van der Waals surface area (Å²) >= 11 is 11.8. The molecule has 2 aromatic rings. The molecule has 0 saturated carbocycles. The Morgan fingerprint density at radius 1 is 1.15 bits per heavy atom. The van der Waals surface area contributed by atoms with Gasteiger partial charge in [-0.05, 0) is 36.2 Å². The molecule has 0 unspecified atom stereocenters. The first kappa shape index (κ1) is 14.9. The number of hydrogen-bond donors (Lipinski definition) is 1. The van der Waals surface area contributed by atoms with Gasteiger partial charge in [-0.2, -0.15) is 0 Å². The molecule has 0 aliphatic carbocycles. The van der Waals surface area contributed by atoms with Gasteiger partial charge in [0.15, 0.2) is 0 Å². The first-order valence-electron chi connectivity index (χ1n) is 6.45. The predicted octanol–water partition coefficient (Wildman–Crippen LogP) is 4.79. The molecule has 0 atom stereocenters. The zero-order chi connectivity index (χ0) is 14.4. The summed E-state index contributed by atoms with van der Waals surface area (Å²) in [4.78, 5) is 4.25. The van der Waals surface area contributed by atoms with Gasteiger partial charge in [0.1, 0.15) is 18.2 Å². The molecular formula is C15H16Cl2N2O. The minimum Gasteiger partial charge on any atom is -0.489 e. The molecule has 0 amide bonds. The molecule has 1 N–H and O–H groups in total. The lowest BCUT2D eigenvalue weighted by Gasteiger charge is -2.09. The monoisotopic (exact) mass is 310 g/mol. The first-order valence-corrected chi connectivity index (χ1v) is 7.21. The molecule has 1 aromatic heterocycles. The molecule has 0 bridgehead atoms. The lowest BCUT2D eigenvalue weighted by atomic mass is 10.2. The summed E-state index contributed by atoms with van der Waals surface area (Å²) in [7, 11) is 0. The molecule has 2 rings (SSSR count). The summed E-state index contributed by atoms with van der Waals surface area (Å²) in [5, 5.41) is 4.26. The number of hydrogen-bond acceptors (Lipinski definition) is 3. The normalized spacial score (nSPS) is 10.3. The Bertz CT molecular complexity index is 576. The van der Waals surface area contributed by atoms with E-state index in [0.29, 0.717) is 22.4 Å². The number of pyridine rings is 1. The SMILES string of the molecule is CCCNc1cc(COc2ccc(Cl)c(Cl)c2)ccn1. The van der Waals surface area contributed by atoms with Gasteiger partial charge in [-0.25, -0.2) is 4.98 Å². The Labute approximate surface area is 128 Å². The quantitative estimate of drug-likeness (QED) is 0.833. The van der Waals surface area contributed by atoms with E-state index in [0.717, 1.165) is 24.3 Å². The van der Waals surface area contributed by atoms with E-state index in [1.54, 1.807) is 24.4 Å². The van der Waals surface area contributed by atoms with Gasteiger partial charge in [0.05, 0.1) is 10.0 Å². The van der Waals surface area contributed by atoms with Crippen molar-refractivity contribution in [3.63, 3.8) is 0 Å². The fraction of sp³-hybridized carbons (Fsp3) is 0.267. The molecule has 0 radical (unpaired) electrons. The second-order valence-electron chi connectivity index (χ2n) is 4.34. The van der Waals surface area contributed by atoms with Crippen LogP contribution in [0.5, 0.6) is 5.75 Å². The van der Waals surface area contributed by atoms with E-state index in [1.807, 2.05) is 12.1 Å². The highest BCUT2D eigenvalue weighted by Crippen LogP contribution is 2.26. The summed E-state index contributed by atoms with van der Waals surface area (Å²) in [5.41, 5.74) is 1.05. The Morgan fingerprint density at radius 2 is 2.00 bits per heavy atom. The van der Waals surface area contributed by atoms with Crippen LogP contribution < -0.4 is 10.1 Å². The zero-order valence-electron chi connectivity index (χ0n) is 11.2. The molecule has 0 aliphatic heterocycles. The molecule has 0 fully saturated rings. The van der Waals surface area contributed by atoms with Crippen molar-refractivity contribution >= 4 is 29.0 Å². The van der Waals surface area contributed by atoms with Crippen LogP contribution in [0.1, 0.15) is 18.9 Å². The molecule has 0 spiro atoms. The average Bonchev–Trinajstić information content (AvgIpc) is 2.47. The Kier molecular flexibility index (Phi) is 5.50. The maximum Gasteiger partial charge on any atom is 0.126 e. The average molecular weight is 311 g/mol. The summed E-state index contributed by atoms with van der Waals surface area (Å²) in [6.45, 7) is 3.48. The summed E-state index contributed by atoms with van der Waals surface area (Å²) in [5.74, 6) is 1.56. The molecule has 1 aromatic carbocycles. The number of nitrogens with one attached hydrogen (secondary N) is 1. The smallest absolute Gasteiger partial charge is 0.126 e. The summed E-state index contributed by atoms with van der Waals surface area (Å²) < 4.78 is 5.69. The van der Waals surface area contributed by atoms with Gasteiger partial charge in [0, 0.05) is 18.8 Å². The summed E-state index contributed by atoms with van der Waals surface area (Å²) in [6, 6.07) is 9.13. The largest absolute Gasteiger partial charge is 0.489 e. The van der Waals surface area contributed by atoms with Crippen molar-refractivity contribution in [2.45, 2.75) is 20.0 Å². The van der Waals surface area contributed by atoms with Crippen molar-refractivity contribution in [3.05, 3.63) is 52.1 Å². The van der Waals surface area contributed by atoms with Crippen LogP contribution in [0.3, 0.4) is 0 Å². The Morgan fingerprint density at radius 3 is 2.75 bits per heavy atom. The van der Waals surface area contributed by atoms with E-state index >= 15 is 0 Å². The van der Waals surface area contributed by atoms with Crippen LogP contribution in [0.15, 0.2) is 36.5 Å². The Balaban J connectivity index is 1.97. The van der Waals surface area contributed by atoms with Crippen molar-refractivity contribution in [1.82, 2.24) is 4.98 Å². The van der Waals surface area contributed by atoms with Crippen LogP contribution >= 0.6 is 23.2 Å². The van der Waals surface area contributed by atoms with E-state index in [2.05, 4.69) is 17.2 Å². The van der Waals surface area contributed by atoms with Gasteiger partial charge in [0.25, 0.3) is 0 Å². The number of aromatic nitrogens is 1. The van der Waals surface area contributed by atoms with Crippen molar-refractivity contribution in [2.24, 2.45) is 0 Å². The number of halogens is 2.